The molecule has 1 aromatic carbocycles. The highest BCUT2D eigenvalue weighted by Crippen LogP contribution is 2.24. The zero-order valence-electron chi connectivity index (χ0n) is 13.0. The molecule has 2 aromatic rings. The number of benzene rings is 1. The van der Waals surface area contributed by atoms with Crippen LogP contribution in [0.25, 0.3) is 12.2 Å². The Morgan fingerprint density at radius 1 is 1.28 bits per heavy atom. The van der Waals surface area contributed by atoms with Crippen molar-refractivity contribution in [2.75, 3.05) is 13.2 Å². The van der Waals surface area contributed by atoms with Gasteiger partial charge in [-0.2, -0.15) is 13.9 Å². The summed E-state index contributed by atoms with van der Waals surface area (Å²) in [7, 11) is 0. The largest absolute Gasteiger partial charge is 0.487 e. The summed E-state index contributed by atoms with van der Waals surface area (Å²) in [6.07, 6.45) is 1.51. The summed E-state index contributed by atoms with van der Waals surface area (Å²) in [6.45, 7) is 0.0325. The number of hydrogen-bond donors (Lipinski definition) is 0. The molecule has 1 aliphatic heterocycles. The van der Waals surface area contributed by atoms with Crippen LogP contribution in [0.3, 0.4) is 0 Å². The molecule has 1 aromatic heterocycles. The molecule has 1 unspecified atom stereocenters. The van der Waals surface area contributed by atoms with E-state index in [9.17, 15) is 17.6 Å². The average Bonchev–Trinajstić information content (AvgIpc) is 3.28. The van der Waals surface area contributed by atoms with Crippen molar-refractivity contribution in [3.8, 4) is 5.75 Å². The molecule has 5 nitrogen and oxygen atoms in total. The summed E-state index contributed by atoms with van der Waals surface area (Å²) in [5.41, 5.74) is 0.759. The Balaban J connectivity index is 1.54. The first kappa shape index (κ1) is 17.4. The fraction of sp³-hybridized carbons (Fsp3) is 0.375. The maximum Gasteiger partial charge on any atom is 0.340 e. The molecular weight excluding hydrogens is 342 g/mol. The second kappa shape index (κ2) is 7.22. The Bertz CT molecular complexity index is 727. The highest BCUT2D eigenvalue weighted by atomic mass is 19.3. The van der Waals surface area contributed by atoms with Gasteiger partial charge < -0.3 is 9.47 Å². The molecule has 1 atom stereocenters. The van der Waals surface area contributed by atoms with Gasteiger partial charge in [-0.1, -0.05) is 18.2 Å². The van der Waals surface area contributed by atoms with E-state index in [0.29, 0.717) is 12.4 Å². The number of rotatable bonds is 8. The van der Waals surface area contributed by atoms with Crippen molar-refractivity contribution in [1.29, 1.82) is 0 Å². The van der Waals surface area contributed by atoms with E-state index in [0.717, 1.165) is 12.2 Å². The van der Waals surface area contributed by atoms with E-state index in [1.54, 1.807) is 35.3 Å². The van der Waals surface area contributed by atoms with E-state index in [-0.39, 0.29) is 11.9 Å². The Kier molecular flexibility index (Phi) is 5.03. The molecule has 1 aliphatic rings. The van der Waals surface area contributed by atoms with Crippen LogP contribution in [0, 0.1) is 0 Å². The minimum Gasteiger partial charge on any atom is -0.487 e. The van der Waals surface area contributed by atoms with Gasteiger partial charge in [0.15, 0.2) is 12.4 Å². The van der Waals surface area contributed by atoms with Gasteiger partial charge in [0.1, 0.15) is 18.2 Å². The average molecular weight is 357 g/mol. The molecule has 1 saturated heterocycles. The number of halogens is 4. The van der Waals surface area contributed by atoms with E-state index in [1.165, 1.54) is 12.1 Å². The fourth-order valence-electron chi connectivity index (χ4n) is 1.94. The van der Waals surface area contributed by atoms with Crippen molar-refractivity contribution in [3.05, 3.63) is 42.0 Å². The van der Waals surface area contributed by atoms with Gasteiger partial charge in [0.2, 0.25) is 0 Å². The second-order valence-corrected chi connectivity index (χ2v) is 5.53. The lowest BCUT2D eigenvalue weighted by molar-refractivity contribution is -0.148. The van der Waals surface area contributed by atoms with E-state index in [1.807, 2.05) is 0 Å². The Labute approximate surface area is 140 Å². The minimum atomic E-state index is -4.17. The SMILES string of the molecule is FC(F)C(F)(F)COc1ccc(/C=C/c2ncn(CC3CO3)n2)cc1. The maximum atomic E-state index is 12.8. The third-order valence-corrected chi connectivity index (χ3v) is 3.40. The van der Waals surface area contributed by atoms with Gasteiger partial charge in [-0.05, 0) is 23.8 Å². The quantitative estimate of drug-likeness (QED) is 0.538. The molecule has 0 radical (unpaired) electrons. The smallest absolute Gasteiger partial charge is 0.340 e. The number of hydrogen-bond acceptors (Lipinski definition) is 4. The summed E-state index contributed by atoms with van der Waals surface area (Å²) in [4.78, 5) is 4.13. The van der Waals surface area contributed by atoms with Crippen molar-refractivity contribution in [2.45, 2.75) is 25.0 Å². The third kappa shape index (κ3) is 5.02. The molecule has 1 fully saturated rings. The normalized spacial score (nSPS) is 17.4. The van der Waals surface area contributed by atoms with Crippen molar-refractivity contribution in [2.24, 2.45) is 0 Å². The molecule has 25 heavy (non-hydrogen) atoms. The molecule has 0 saturated carbocycles. The topological polar surface area (TPSA) is 52.5 Å². The van der Waals surface area contributed by atoms with Crippen LogP contribution in [-0.4, -0.2) is 46.4 Å². The van der Waals surface area contributed by atoms with E-state index >= 15 is 0 Å². The van der Waals surface area contributed by atoms with E-state index in [4.69, 9.17) is 9.47 Å². The van der Waals surface area contributed by atoms with Crippen LogP contribution in [0.5, 0.6) is 5.75 Å². The van der Waals surface area contributed by atoms with Gasteiger partial charge in [0.05, 0.1) is 13.2 Å². The van der Waals surface area contributed by atoms with Crippen LogP contribution in [0.2, 0.25) is 0 Å². The summed E-state index contributed by atoms with van der Waals surface area (Å²) < 4.78 is 61.2. The molecule has 134 valence electrons. The second-order valence-electron chi connectivity index (χ2n) is 5.53. The van der Waals surface area contributed by atoms with Gasteiger partial charge in [0.25, 0.3) is 0 Å². The van der Waals surface area contributed by atoms with Gasteiger partial charge in [0, 0.05) is 0 Å². The molecule has 2 heterocycles. The first-order chi connectivity index (χ1) is 11.9. The molecule has 0 aliphatic carbocycles. The number of ether oxygens (including phenoxy) is 2. The first-order valence-electron chi connectivity index (χ1n) is 7.50. The van der Waals surface area contributed by atoms with Crippen LogP contribution in [0.4, 0.5) is 17.6 Å². The minimum absolute atomic E-state index is 0.0873. The monoisotopic (exact) mass is 357 g/mol. The predicted molar refractivity (Wildman–Crippen MR) is 81.6 cm³/mol. The molecule has 0 N–H and O–H groups in total. The van der Waals surface area contributed by atoms with Crippen LogP contribution in [-0.2, 0) is 11.3 Å². The summed E-state index contributed by atoms with van der Waals surface area (Å²) >= 11 is 0. The number of alkyl halides is 4. The predicted octanol–water partition coefficient (Wildman–Crippen LogP) is 3.13. The van der Waals surface area contributed by atoms with Gasteiger partial charge >= 0.3 is 12.3 Å². The standard InChI is InChI=1S/C16H15F4N3O2/c17-15(18)16(19,20)9-25-12-4-1-11(2-5-12)3-6-14-21-10-23(22-14)7-13-8-24-13/h1-6,10,13,15H,7-9H2/b6-3+. The molecule has 0 spiro atoms. The first-order valence-corrected chi connectivity index (χ1v) is 7.50. The molecule has 0 amide bonds. The van der Waals surface area contributed by atoms with E-state index in [2.05, 4.69) is 10.1 Å². The maximum absolute atomic E-state index is 12.8. The van der Waals surface area contributed by atoms with Gasteiger partial charge in [-0.3, -0.25) is 0 Å². The zero-order chi connectivity index (χ0) is 17.9. The summed E-state index contributed by atoms with van der Waals surface area (Å²) in [6, 6.07) is 6.08. The van der Waals surface area contributed by atoms with Crippen LogP contribution < -0.4 is 4.74 Å². The van der Waals surface area contributed by atoms with Crippen molar-refractivity contribution >= 4 is 12.2 Å². The fourth-order valence-corrected chi connectivity index (χ4v) is 1.94. The molecule has 9 heteroatoms. The Hall–Kier alpha value is -2.42. The van der Waals surface area contributed by atoms with Gasteiger partial charge in [-0.25, -0.2) is 18.4 Å². The third-order valence-electron chi connectivity index (χ3n) is 3.40. The summed E-state index contributed by atoms with van der Waals surface area (Å²) in [5.74, 6) is -3.56. The lowest BCUT2D eigenvalue weighted by Crippen LogP contribution is -2.33. The zero-order valence-corrected chi connectivity index (χ0v) is 13.0. The lowest BCUT2D eigenvalue weighted by Gasteiger charge is -2.15. The van der Waals surface area contributed by atoms with Crippen molar-refractivity contribution in [3.63, 3.8) is 0 Å². The molecule has 0 bridgehead atoms. The molecular formula is C16H15F4N3O2. The Morgan fingerprint density at radius 2 is 2.00 bits per heavy atom. The molecule has 3 rings (SSSR count). The van der Waals surface area contributed by atoms with Crippen molar-refractivity contribution in [1.82, 2.24) is 14.8 Å². The van der Waals surface area contributed by atoms with Gasteiger partial charge in [-0.15, -0.1) is 0 Å². The highest BCUT2D eigenvalue weighted by molar-refractivity contribution is 5.66. The van der Waals surface area contributed by atoms with E-state index < -0.39 is 19.0 Å². The Morgan fingerprint density at radius 3 is 2.64 bits per heavy atom. The van der Waals surface area contributed by atoms with Crippen LogP contribution in [0.1, 0.15) is 11.4 Å². The van der Waals surface area contributed by atoms with Crippen molar-refractivity contribution < 1.29 is 27.0 Å². The highest BCUT2D eigenvalue weighted by Gasteiger charge is 2.41. The summed E-state index contributed by atoms with van der Waals surface area (Å²) in [5, 5.41) is 4.26. The number of aromatic nitrogens is 3. The lowest BCUT2D eigenvalue weighted by atomic mass is 10.2. The number of epoxide rings is 1. The van der Waals surface area contributed by atoms with Crippen LogP contribution in [0.15, 0.2) is 30.6 Å². The number of nitrogens with zero attached hydrogens (tertiary/aromatic N) is 3. The van der Waals surface area contributed by atoms with Crippen LogP contribution >= 0.6 is 0 Å².